The topological polar surface area (TPSA) is 93.6 Å². The van der Waals surface area contributed by atoms with Crippen molar-refractivity contribution in [3.8, 4) is 0 Å². The molecule has 6 nitrogen and oxygen atoms in total. The summed E-state index contributed by atoms with van der Waals surface area (Å²) in [7, 11) is -3.57. The highest BCUT2D eigenvalue weighted by Gasteiger charge is 2.33. The Kier molecular flexibility index (Phi) is 4.27. The van der Waals surface area contributed by atoms with Crippen molar-refractivity contribution >= 4 is 21.0 Å². The van der Waals surface area contributed by atoms with Gasteiger partial charge in [0.15, 0.2) is 0 Å². The van der Waals surface area contributed by atoms with E-state index in [4.69, 9.17) is 10.2 Å². The van der Waals surface area contributed by atoms with Gasteiger partial charge in [0.1, 0.15) is 5.58 Å². The van der Waals surface area contributed by atoms with Gasteiger partial charge in [0.25, 0.3) is 0 Å². The lowest BCUT2D eigenvalue weighted by Crippen LogP contribution is -2.45. The van der Waals surface area contributed by atoms with Crippen LogP contribution in [0.2, 0.25) is 0 Å². The summed E-state index contributed by atoms with van der Waals surface area (Å²) in [5.74, 6) is 0.606. The summed E-state index contributed by atoms with van der Waals surface area (Å²) >= 11 is 0. The number of nitrogens with zero attached hydrogens (tertiary/aromatic N) is 1. The van der Waals surface area contributed by atoms with Gasteiger partial charge in [-0.1, -0.05) is 6.92 Å². The Balaban J connectivity index is 1.96. The molecule has 0 saturated carbocycles. The summed E-state index contributed by atoms with van der Waals surface area (Å²) < 4.78 is 32.3. The molecule has 0 bridgehead atoms. The Morgan fingerprint density at radius 1 is 1.30 bits per heavy atom. The molecule has 1 aliphatic heterocycles. The predicted molar refractivity (Wildman–Crippen MR) is 87.6 cm³/mol. The molecule has 2 aromatic rings. The smallest absolute Gasteiger partial charge is 0.336 e. The summed E-state index contributed by atoms with van der Waals surface area (Å²) in [4.78, 5) is 11.4. The fourth-order valence-electron chi connectivity index (χ4n) is 3.00. The fraction of sp³-hybridized carbons (Fsp3) is 0.438. The molecule has 1 aromatic carbocycles. The molecule has 0 aliphatic carbocycles. The summed E-state index contributed by atoms with van der Waals surface area (Å²) in [5.41, 5.74) is 5.69. The average molecular weight is 336 g/mol. The molecule has 124 valence electrons. The summed E-state index contributed by atoms with van der Waals surface area (Å²) in [6.45, 7) is 3.54. The van der Waals surface area contributed by atoms with Crippen LogP contribution in [0.3, 0.4) is 0 Å². The largest absolute Gasteiger partial charge is 0.423 e. The third kappa shape index (κ3) is 3.04. The number of hydrogen-bond donors (Lipinski definition) is 1. The fourth-order valence-corrected chi connectivity index (χ4v) is 4.55. The van der Waals surface area contributed by atoms with Crippen molar-refractivity contribution in [1.82, 2.24) is 4.31 Å². The molecule has 23 heavy (non-hydrogen) atoms. The first-order chi connectivity index (χ1) is 10.9. The van der Waals surface area contributed by atoms with E-state index < -0.39 is 15.6 Å². The zero-order valence-electron chi connectivity index (χ0n) is 12.9. The molecule has 0 radical (unpaired) electrons. The minimum absolute atomic E-state index is 0.178. The van der Waals surface area contributed by atoms with Crippen molar-refractivity contribution in [2.75, 3.05) is 19.6 Å². The summed E-state index contributed by atoms with van der Waals surface area (Å²) in [6.07, 6.45) is 0.809. The normalized spacial score (nSPS) is 23.2. The third-order valence-corrected chi connectivity index (χ3v) is 6.47. The minimum Gasteiger partial charge on any atom is -0.423 e. The van der Waals surface area contributed by atoms with Gasteiger partial charge in [-0.05, 0) is 49.1 Å². The van der Waals surface area contributed by atoms with E-state index in [-0.39, 0.29) is 10.8 Å². The zero-order chi connectivity index (χ0) is 16.6. The van der Waals surface area contributed by atoms with Gasteiger partial charge in [-0.15, -0.1) is 0 Å². The van der Waals surface area contributed by atoms with E-state index in [1.807, 2.05) is 0 Å². The molecular formula is C16H20N2O4S. The second kappa shape index (κ2) is 6.07. The SMILES string of the molecule is CC1CCN(S(=O)(=O)c2ccc3oc(=O)ccc3c2)CC1CN. The number of rotatable bonds is 3. The molecule has 3 rings (SSSR count). The summed E-state index contributed by atoms with van der Waals surface area (Å²) in [6, 6.07) is 7.41. The van der Waals surface area contributed by atoms with Crippen LogP contribution in [0.4, 0.5) is 0 Å². The van der Waals surface area contributed by atoms with Crippen LogP contribution in [0.25, 0.3) is 11.0 Å². The highest BCUT2D eigenvalue weighted by molar-refractivity contribution is 7.89. The van der Waals surface area contributed by atoms with Crippen LogP contribution < -0.4 is 11.4 Å². The molecule has 7 heteroatoms. The number of benzene rings is 1. The number of hydrogen-bond acceptors (Lipinski definition) is 5. The van der Waals surface area contributed by atoms with Crippen molar-refractivity contribution in [3.05, 3.63) is 40.8 Å². The quantitative estimate of drug-likeness (QED) is 0.855. The molecule has 1 fully saturated rings. The van der Waals surface area contributed by atoms with E-state index in [0.29, 0.717) is 36.5 Å². The van der Waals surface area contributed by atoms with Crippen molar-refractivity contribution < 1.29 is 12.8 Å². The van der Waals surface area contributed by atoms with Gasteiger partial charge in [-0.2, -0.15) is 4.31 Å². The number of piperidine rings is 1. The monoisotopic (exact) mass is 336 g/mol. The van der Waals surface area contributed by atoms with Crippen molar-refractivity contribution in [1.29, 1.82) is 0 Å². The molecule has 2 N–H and O–H groups in total. The summed E-state index contributed by atoms with van der Waals surface area (Å²) in [5, 5.41) is 0.589. The van der Waals surface area contributed by atoms with Crippen LogP contribution in [0.1, 0.15) is 13.3 Å². The van der Waals surface area contributed by atoms with Gasteiger partial charge in [0.05, 0.1) is 4.90 Å². The maximum atomic E-state index is 12.9. The Labute approximate surface area is 134 Å². The molecular weight excluding hydrogens is 316 g/mol. The first-order valence-electron chi connectivity index (χ1n) is 7.66. The lowest BCUT2D eigenvalue weighted by atomic mass is 9.88. The molecule has 0 spiro atoms. The first kappa shape index (κ1) is 16.2. The molecule has 2 unspecified atom stereocenters. The molecule has 1 aliphatic rings. The highest BCUT2D eigenvalue weighted by atomic mass is 32.2. The third-order valence-electron chi connectivity index (χ3n) is 4.61. The molecule has 0 amide bonds. The van der Waals surface area contributed by atoms with Gasteiger partial charge in [0.2, 0.25) is 10.0 Å². The lowest BCUT2D eigenvalue weighted by Gasteiger charge is -2.35. The first-order valence-corrected chi connectivity index (χ1v) is 9.10. The Hall–Kier alpha value is -1.70. The second-order valence-electron chi connectivity index (χ2n) is 6.08. The maximum absolute atomic E-state index is 12.9. The van der Waals surface area contributed by atoms with Gasteiger partial charge in [-0.3, -0.25) is 0 Å². The van der Waals surface area contributed by atoms with E-state index in [1.165, 1.54) is 22.5 Å². The molecule has 1 aromatic heterocycles. The van der Waals surface area contributed by atoms with E-state index >= 15 is 0 Å². The Morgan fingerprint density at radius 3 is 2.83 bits per heavy atom. The van der Waals surface area contributed by atoms with Crippen LogP contribution in [0, 0.1) is 11.8 Å². The van der Waals surface area contributed by atoms with Crippen molar-refractivity contribution in [3.63, 3.8) is 0 Å². The van der Waals surface area contributed by atoms with Crippen LogP contribution in [0.5, 0.6) is 0 Å². The van der Waals surface area contributed by atoms with E-state index in [0.717, 1.165) is 6.42 Å². The van der Waals surface area contributed by atoms with Crippen LogP contribution in [-0.4, -0.2) is 32.4 Å². The van der Waals surface area contributed by atoms with Crippen molar-refractivity contribution in [2.45, 2.75) is 18.2 Å². The van der Waals surface area contributed by atoms with Gasteiger partial charge < -0.3 is 10.2 Å². The second-order valence-corrected chi connectivity index (χ2v) is 8.02. The lowest BCUT2D eigenvalue weighted by molar-refractivity contribution is 0.203. The minimum atomic E-state index is -3.57. The Bertz CT molecular complexity index is 875. The maximum Gasteiger partial charge on any atom is 0.336 e. The highest BCUT2D eigenvalue weighted by Crippen LogP contribution is 2.28. The van der Waals surface area contributed by atoms with Crippen LogP contribution >= 0.6 is 0 Å². The average Bonchev–Trinajstić information content (AvgIpc) is 2.54. The van der Waals surface area contributed by atoms with E-state index in [9.17, 15) is 13.2 Å². The Morgan fingerprint density at radius 2 is 2.09 bits per heavy atom. The van der Waals surface area contributed by atoms with Gasteiger partial charge in [-0.25, -0.2) is 13.2 Å². The number of fused-ring (bicyclic) bond motifs is 1. The van der Waals surface area contributed by atoms with Crippen LogP contribution in [-0.2, 0) is 10.0 Å². The van der Waals surface area contributed by atoms with Crippen molar-refractivity contribution in [2.24, 2.45) is 17.6 Å². The van der Waals surface area contributed by atoms with Gasteiger partial charge >= 0.3 is 5.63 Å². The zero-order valence-corrected chi connectivity index (χ0v) is 13.8. The number of sulfonamides is 1. The van der Waals surface area contributed by atoms with E-state index in [1.54, 1.807) is 12.1 Å². The number of nitrogens with two attached hydrogens (primary N) is 1. The van der Waals surface area contributed by atoms with Gasteiger partial charge in [0, 0.05) is 24.5 Å². The molecule has 2 atom stereocenters. The molecule has 2 heterocycles. The predicted octanol–water partition coefficient (Wildman–Crippen LogP) is 1.40. The van der Waals surface area contributed by atoms with E-state index in [2.05, 4.69) is 6.92 Å². The molecule has 1 saturated heterocycles. The van der Waals surface area contributed by atoms with Crippen LogP contribution in [0.15, 0.2) is 44.4 Å². The standard InChI is InChI=1S/C16H20N2O4S/c1-11-6-7-18(10-13(11)9-17)23(20,21)14-3-4-15-12(8-14)2-5-16(19)22-15/h2-5,8,11,13H,6-7,9-10,17H2,1H3.